The second-order valence-corrected chi connectivity index (χ2v) is 6.02. The third-order valence-corrected chi connectivity index (χ3v) is 3.96. The number of ether oxygens (including phenoxy) is 2. The summed E-state index contributed by atoms with van der Waals surface area (Å²) in [5, 5.41) is 0. The Morgan fingerprint density at radius 2 is 1.44 bits per heavy atom. The molecule has 0 atom stereocenters. The quantitative estimate of drug-likeness (QED) is 0.334. The van der Waals surface area contributed by atoms with Gasteiger partial charge in [-0.05, 0) is 55.9 Å². The molecule has 132 valence electrons. The van der Waals surface area contributed by atoms with E-state index in [0.29, 0.717) is 13.2 Å². The zero-order valence-electron chi connectivity index (χ0n) is 14.9. The van der Waals surface area contributed by atoms with Gasteiger partial charge in [-0.1, -0.05) is 48.5 Å². The van der Waals surface area contributed by atoms with E-state index >= 15 is 0 Å². The minimum Gasteiger partial charge on any atom is -0.494 e. The Morgan fingerprint density at radius 1 is 0.880 bits per heavy atom. The average Bonchev–Trinajstić information content (AvgIpc) is 2.65. The normalized spacial score (nSPS) is 10.3. The molecule has 0 N–H and O–H groups in total. The molecule has 0 bridgehead atoms. The predicted octanol–water partition coefficient (Wildman–Crippen LogP) is 5.33. The Bertz CT molecular complexity index is 657. The van der Waals surface area contributed by atoms with Crippen molar-refractivity contribution in [1.82, 2.24) is 0 Å². The number of benzene rings is 2. The Labute approximate surface area is 150 Å². The molecule has 2 aromatic rings. The van der Waals surface area contributed by atoms with E-state index in [1.165, 1.54) is 22.8 Å². The molecular weight excluding hydrogens is 312 g/mol. The van der Waals surface area contributed by atoms with Crippen LogP contribution in [0.1, 0.15) is 31.2 Å². The first-order chi connectivity index (χ1) is 12.2. The summed E-state index contributed by atoms with van der Waals surface area (Å²) in [6, 6.07) is 16.7. The highest BCUT2D eigenvalue weighted by Gasteiger charge is 1.99. The molecule has 0 aromatic heterocycles. The Morgan fingerprint density at radius 3 is 2.04 bits per heavy atom. The summed E-state index contributed by atoms with van der Waals surface area (Å²) >= 11 is 0. The zero-order chi connectivity index (χ0) is 17.9. The maximum atomic E-state index is 10.9. The van der Waals surface area contributed by atoms with Crippen LogP contribution in [0.5, 0.6) is 5.75 Å². The SMILES string of the molecule is C=CC(=O)OCCCCCCOc1ccc(-c2ccc(C)cc2)cc1. The molecule has 2 rings (SSSR count). The summed E-state index contributed by atoms with van der Waals surface area (Å²) < 4.78 is 10.7. The van der Waals surface area contributed by atoms with E-state index in [1.807, 2.05) is 12.1 Å². The van der Waals surface area contributed by atoms with Gasteiger partial charge in [0.1, 0.15) is 5.75 Å². The summed E-state index contributed by atoms with van der Waals surface area (Å²) in [6.07, 6.45) is 5.16. The van der Waals surface area contributed by atoms with Gasteiger partial charge in [0.2, 0.25) is 0 Å². The van der Waals surface area contributed by atoms with E-state index in [9.17, 15) is 4.79 Å². The van der Waals surface area contributed by atoms with E-state index in [-0.39, 0.29) is 5.97 Å². The number of rotatable bonds is 10. The van der Waals surface area contributed by atoms with Crippen molar-refractivity contribution < 1.29 is 14.3 Å². The van der Waals surface area contributed by atoms with Crippen LogP contribution >= 0.6 is 0 Å². The fraction of sp³-hybridized carbons (Fsp3) is 0.318. The summed E-state index contributed by atoms with van der Waals surface area (Å²) in [5.74, 6) is 0.549. The van der Waals surface area contributed by atoms with Gasteiger partial charge in [-0.2, -0.15) is 0 Å². The van der Waals surface area contributed by atoms with Crippen LogP contribution in [0.2, 0.25) is 0 Å². The van der Waals surface area contributed by atoms with Gasteiger partial charge in [0, 0.05) is 6.08 Å². The van der Waals surface area contributed by atoms with E-state index in [1.54, 1.807) is 0 Å². The number of hydrogen-bond donors (Lipinski definition) is 0. The molecular formula is C22H26O3. The van der Waals surface area contributed by atoms with Crippen LogP contribution in [0.15, 0.2) is 61.2 Å². The minimum atomic E-state index is -0.350. The number of carbonyl (C=O) groups excluding carboxylic acids is 1. The van der Waals surface area contributed by atoms with Crippen LogP contribution in [-0.2, 0) is 9.53 Å². The fourth-order valence-electron chi connectivity index (χ4n) is 2.47. The van der Waals surface area contributed by atoms with Gasteiger partial charge >= 0.3 is 5.97 Å². The second-order valence-electron chi connectivity index (χ2n) is 6.02. The number of esters is 1. The molecule has 0 spiro atoms. The molecule has 0 heterocycles. The summed E-state index contributed by atoms with van der Waals surface area (Å²) in [5.41, 5.74) is 3.68. The molecule has 0 unspecified atom stereocenters. The van der Waals surface area contributed by atoms with Crippen LogP contribution in [0.3, 0.4) is 0 Å². The first kappa shape index (κ1) is 18.8. The molecule has 0 saturated heterocycles. The van der Waals surface area contributed by atoms with Crippen LogP contribution in [-0.4, -0.2) is 19.2 Å². The van der Waals surface area contributed by atoms with Gasteiger partial charge in [0.15, 0.2) is 0 Å². The van der Waals surface area contributed by atoms with Crippen LogP contribution in [0.25, 0.3) is 11.1 Å². The molecule has 0 radical (unpaired) electrons. The maximum Gasteiger partial charge on any atom is 0.330 e. The molecule has 25 heavy (non-hydrogen) atoms. The topological polar surface area (TPSA) is 35.5 Å². The van der Waals surface area contributed by atoms with E-state index in [0.717, 1.165) is 31.4 Å². The van der Waals surface area contributed by atoms with Gasteiger partial charge in [-0.25, -0.2) is 4.79 Å². The number of aryl methyl sites for hydroxylation is 1. The molecule has 0 amide bonds. The third kappa shape index (κ3) is 6.84. The Balaban J connectivity index is 1.62. The van der Waals surface area contributed by atoms with Crippen molar-refractivity contribution in [3.63, 3.8) is 0 Å². The number of hydrogen-bond acceptors (Lipinski definition) is 3. The zero-order valence-corrected chi connectivity index (χ0v) is 14.9. The van der Waals surface area contributed by atoms with E-state index in [2.05, 4.69) is 49.9 Å². The van der Waals surface area contributed by atoms with E-state index in [4.69, 9.17) is 9.47 Å². The van der Waals surface area contributed by atoms with Crippen molar-refractivity contribution in [2.75, 3.05) is 13.2 Å². The maximum absolute atomic E-state index is 10.9. The molecule has 3 heteroatoms. The van der Waals surface area contributed by atoms with Crippen molar-refractivity contribution in [3.8, 4) is 16.9 Å². The van der Waals surface area contributed by atoms with Crippen molar-refractivity contribution >= 4 is 5.97 Å². The Hall–Kier alpha value is -2.55. The largest absolute Gasteiger partial charge is 0.494 e. The molecule has 3 nitrogen and oxygen atoms in total. The molecule has 0 aliphatic heterocycles. The number of unbranched alkanes of at least 4 members (excludes halogenated alkanes) is 3. The predicted molar refractivity (Wildman–Crippen MR) is 102 cm³/mol. The summed E-state index contributed by atoms with van der Waals surface area (Å²) in [6.45, 7) is 6.62. The van der Waals surface area contributed by atoms with E-state index < -0.39 is 0 Å². The standard InChI is InChI=1S/C22H26O3/c1-3-22(23)25-17-7-5-4-6-16-24-21-14-12-20(13-15-21)19-10-8-18(2)9-11-19/h3,8-15H,1,4-7,16-17H2,2H3. The van der Waals surface area contributed by atoms with Crippen molar-refractivity contribution in [2.24, 2.45) is 0 Å². The van der Waals surface area contributed by atoms with Gasteiger partial charge in [0.25, 0.3) is 0 Å². The molecule has 0 aliphatic rings. The van der Waals surface area contributed by atoms with Crippen molar-refractivity contribution in [2.45, 2.75) is 32.6 Å². The molecule has 0 fully saturated rings. The lowest BCUT2D eigenvalue weighted by molar-refractivity contribution is -0.137. The molecule has 0 aliphatic carbocycles. The first-order valence-electron chi connectivity index (χ1n) is 8.78. The number of carbonyl (C=O) groups is 1. The van der Waals surface area contributed by atoms with Gasteiger partial charge in [0.05, 0.1) is 13.2 Å². The highest BCUT2D eigenvalue weighted by atomic mass is 16.5. The second kappa shape index (κ2) is 10.3. The monoisotopic (exact) mass is 338 g/mol. The molecule has 0 saturated carbocycles. The minimum absolute atomic E-state index is 0.350. The summed E-state index contributed by atoms with van der Waals surface area (Å²) in [7, 11) is 0. The smallest absolute Gasteiger partial charge is 0.330 e. The lowest BCUT2D eigenvalue weighted by Crippen LogP contribution is -2.02. The van der Waals surface area contributed by atoms with Gasteiger partial charge in [-0.15, -0.1) is 0 Å². The first-order valence-corrected chi connectivity index (χ1v) is 8.78. The van der Waals surface area contributed by atoms with Crippen LogP contribution in [0, 0.1) is 6.92 Å². The van der Waals surface area contributed by atoms with Gasteiger partial charge < -0.3 is 9.47 Å². The average molecular weight is 338 g/mol. The fourth-order valence-corrected chi connectivity index (χ4v) is 2.47. The van der Waals surface area contributed by atoms with Crippen molar-refractivity contribution in [3.05, 3.63) is 66.7 Å². The Kier molecular flexibility index (Phi) is 7.77. The lowest BCUT2D eigenvalue weighted by Gasteiger charge is -2.08. The lowest BCUT2D eigenvalue weighted by atomic mass is 10.0. The highest BCUT2D eigenvalue weighted by Crippen LogP contribution is 2.22. The van der Waals surface area contributed by atoms with Gasteiger partial charge in [-0.3, -0.25) is 0 Å². The van der Waals surface area contributed by atoms with Crippen LogP contribution in [0.4, 0.5) is 0 Å². The highest BCUT2D eigenvalue weighted by molar-refractivity contribution is 5.81. The third-order valence-electron chi connectivity index (χ3n) is 3.96. The van der Waals surface area contributed by atoms with Crippen LogP contribution < -0.4 is 4.74 Å². The van der Waals surface area contributed by atoms with Crippen molar-refractivity contribution in [1.29, 1.82) is 0 Å². The molecule has 2 aromatic carbocycles. The summed E-state index contributed by atoms with van der Waals surface area (Å²) in [4.78, 5) is 10.9.